The summed E-state index contributed by atoms with van der Waals surface area (Å²) in [6.45, 7) is 4.02. The van der Waals surface area contributed by atoms with E-state index in [2.05, 4.69) is 16.0 Å². The Hall–Kier alpha value is -2.12. The average molecular weight is 387 g/mol. The minimum atomic E-state index is -0.468. The van der Waals surface area contributed by atoms with E-state index in [4.69, 9.17) is 9.47 Å². The summed E-state index contributed by atoms with van der Waals surface area (Å²) in [6, 6.07) is 5.42. The molecule has 0 aromatic heterocycles. The Morgan fingerprint density at radius 2 is 1.96 bits per heavy atom. The molecule has 28 heavy (non-hydrogen) atoms. The van der Waals surface area contributed by atoms with Crippen LogP contribution in [0.25, 0.3) is 0 Å². The first-order valence-electron chi connectivity index (χ1n) is 9.95. The second-order valence-corrected chi connectivity index (χ2v) is 8.41. The number of piperidine rings is 1. The number of ether oxygens (including phenoxy) is 2. The lowest BCUT2D eigenvalue weighted by atomic mass is 9.53. The summed E-state index contributed by atoms with van der Waals surface area (Å²) >= 11 is 0. The van der Waals surface area contributed by atoms with Gasteiger partial charge in [0.05, 0.1) is 23.7 Å². The first kappa shape index (κ1) is 19.2. The quantitative estimate of drug-likeness (QED) is 0.705. The van der Waals surface area contributed by atoms with Crippen LogP contribution in [0.5, 0.6) is 5.75 Å². The maximum absolute atomic E-state index is 12.7. The van der Waals surface area contributed by atoms with E-state index in [1.165, 1.54) is 0 Å². The number of carbonyl (C=O) groups is 2. The Labute approximate surface area is 165 Å². The van der Waals surface area contributed by atoms with Crippen molar-refractivity contribution in [1.29, 1.82) is 0 Å². The monoisotopic (exact) mass is 387 g/mol. The van der Waals surface area contributed by atoms with Crippen molar-refractivity contribution in [1.82, 2.24) is 16.0 Å². The second-order valence-electron chi connectivity index (χ2n) is 8.41. The van der Waals surface area contributed by atoms with Gasteiger partial charge in [0.2, 0.25) is 5.91 Å². The predicted octanol–water partition coefficient (Wildman–Crippen LogP) is 1.15. The molecule has 2 bridgehead atoms. The highest BCUT2D eigenvalue weighted by Gasteiger charge is 2.77. The number of carbonyl (C=O) groups excluding carboxylic acids is 2. The summed E-state index contributed by atoms with van der Waals surface area (Å²) in [4.78, 5) is 25.5. The zero-order valence-corrected chi connectivity index (χ0v) is 16.8. The molecule has 4 fully saturated rings. The molecule has 5 rings (SSSR count). The molecular weight excluding hydrogens is 358 g/mol. The van der Waals surface area contributed by atoms with E-state index in [9.17, 15) is 9.59 Å². The number of methoxy groups -OCH3 is 1. The molecular formula is C21H29N3O4. The number of nitrogens with one attached hydrogen (secondary N) is 3. The fourth-order valence-electron chi connectivity index (χ4n) is 5.49. The molecule has 0 unspecified atom stereocenters. The van der Waals surface area contributed by atoms with Crippen LogP contribution >= 0.6 is 0 Å². The van der Waals surface area contributed by atoms with Crippen LogP contribution in [0.3, 0.4) is 0 Å². The topological polar surface area (TPSA) is 88.7 Å². The van der Waals surface area contributed by atoms with Crippen LogP contribution < -0.4 is 20.7 Å². The van der Waals surface area contributed by atoms with E-state index < -0.39 is 16.6 Å². The van der Waals surface area contributed by atoms with Crippen molar-refractivity contribution in [2.24, 2.45) is 5.41 Å². The predicted molar refractivity (Wildman–Crippen MR) is 104 cm³/mol. The van der Waals surface area contributed by atoms with Gasteiger partial charge in [0.25, 0.3) is 5.91 Å². The molecule has 1 aliphatic carbocycles. The average Bonchev–Trinajstić information content (AvgIpc) is 3.10. The number of rotatable bonds is 5. The summed E-state index contributed by atoms with van der Waals surface area (Å²) in [6.07, 6.45) is 2.99. The molecule has 1 spiro atoms. The van der Waals surface area contributed by atoms with Gasteiger partial charge < -0.3 is 25.4 Å². The van der Waals surface area contributed by atoms with Crippen molar-refractivity contribution in [3.05, 3.63) is 29.3 Å². The number of hydrogen-bond acceptors (Lipinski definition) is 5. The molecule has 1 aromatic carbocycles. The van der Waals surface area contributed by atoms with Gasteiger partial charge in [-0.2, -0.15) is 0 Å². The summed E-state index contributed by atoms with van der Waals surface area (Å²) < 4.78 is 11.8. The molecule has 1 aromatic rings. The fraction of sp³-hybridized carbons (Fsp3) is 0.619. The van der Waals surface area contributed by atoms with E-state index in [1.807, 2.05) is 13.0 Å². The van der Waals surface area contributed by atoms with Crippen LogP contribution in [0.4, 0.5) is 0 Å². The van der Waals surface area contributed by atoms with Crippen molar-refractivity contribution in [2.75, 3.05) is 33.8 Å². The van der Waals surface area contributed by atoms with Crippen LogP contribution in [-0.4, -0.2) is 56.8 Å². The van der Waals surface area contributed by atoms with Crippen LogP contribution in [0.15, 0.2) is 18.2 Å². The Balaban J connectivity index is 1.48. The zero-order valence-electron chi connectivity index (χ0n) is 16.8. The van der Waals surface area contributed by atoms with Gasteiger partial charge >= 0.3 is 0 Å². The molecule has 2 amide bonds. The lowest BCUT2D eigenvalue weighted by molar-refractivity contribution is -0.140. The van der Waals surface area contributed by atoms with Crippen LogP contribution in [0.2, 0.25) is 0 Å². The number of aryl methyl sites for hydroxylation is 1. The maximum atomic E-state index is 12.7. The highest BCUT2D eigenvalue weighted by atomic mass is 16.5. The molecule has 0 atom stereocenters. The van der Waals surface area contributed by atoms with Gasteiger partial charge in [-0.25, -0.2) is 0 Å². The fourth-order valence-corrected chi connectivity index (χ4v) is 5.49. The van der Waals surface area contributed by atoms with Gasteiger partial charge in [-0.05, 0) is 69.5 Å². The first-order valence-corrected chi connectivity index (χ1v) is 9.95. The highest BCUT2D eigenvalue weighted by Crippen LogP contribution is 2.68. The lowest BCUT2D eigenvalue weighted by Crippen LogP contribution is -2.61. The Morgan fingerprint density at radius 3 is 2.57 bits per heavy atom. The molecule has 3 aliphatic heterocycles. The smallest absolute Gasteiger partial charge is 0.251 e. The third kappa shape index (κ3) is 2.71. The second kappa shape index (κ2) is 6.74. The van der Waals surface area contributed by atoms with Crippen molar-refractivity contribution >= 4 is 11.8 Å². The summed E-state index contributed by atoms with van der Waals surface area (Å²) in [7, 11) is 3.30. The molecule has 4 aliphatic rings. The molecule has 7 heteroatoms. The van der Waals surface area contributed by atoms with Gasteiger partial charge in [0.15, 0.2) is 0 Å². The third-order valence-electron chi connectivity index (χ3n) is 6.85. The number of amides is 2. The summed E-state index contributed by atoms with van der Waals surface area (Å²) in [5.74, 6) is 0.677. The minimum Gasteiger partial charge on any atom is -0.497 e. The number of hydrogen-bond donors (Lipinski definition) is 3. The largest absolute Gasteiger partial charge is 0.497 e. The van der Waals surface area contributed by atoms with Gasteiger partial charge in [-0.15, -0.1) is 0 Å². The normalized spacial score (nSPS) is 29.8. The van der Waals surface area contributed by atoms with Crippen molar-refractivity contribution < 1.29 is 19.1 Å². The van der Waals surface area contributed by atoms with Crippen LogP contribution in [0, 0.1) is 12.3 Å². The minimum absolute atomic E-state index is 0.0693. The van der Waals surface area contributed by atoms with Gasteiger partial charge in [0, 0.05) is 19.2 Å². The molecule has 0 radical (unpaired) electrons. The van der Waals surface area contributed by atoms with Crippen LogP contribution in [-0.2, 0) is 9.53 Å². The van der Waals surface area contributed by atoms with E-state index in [0.29, 0.717) is 24.9 Å². The molecule has 152 valence electrons. The highest BCUT2D eigenvalue weighted by molar-refractivity contribution is 5.96. The van der Waals surface area contributed by atoms with E-state index in [1.54, 1.807) is 26.3 Å². The van der Waals surface area contributed by atoms with Gasteiger partial charge in [-0.3, -0.25) is 9.59 Å². The lowest BCUT2D eigenvalue weighted by Gasteiger charge is -2.47. The zero-order chi connectivity index (χ0) is 20.0. The summed E-state index contributed by atoms with van der Waals surface area (Å²) in [5.41, 5.74) is 0.164. The van der Waals surface area contributed by atoms with E-state index >= 15 is 0 Å². The Morgan fingerprint density at radius 1 is 1.25 bits per heavy atom. The van der Waals surface area contributed by atoms with Crippen LogP contribution in [0.1, 0.15) is 41.6 Å². The summed E-state index contributed by atoms with van der Waals surface area (Å²) in [5, 5.41) is 9.24. The van der Waals surface area contributed by atoms with Crippen molar-refractivity contribution in [3.8, 4) is 5.75 Å². The SMILES string of the molecule is CNC(=O)C12CC(CNC(=O)c3ccc(OC)cc3C)(C1)OC21CCNCC1. The molecule has 3 saturated heterocycles. The Bertz CT molecular complexity index is 795. The molecule has 3 N–H and O–H groups in total. The van der Waals surface area contributed by atoms with Gasteiger partial charge in [0.1, 0.15) is 5.75 Å². The molecule has 1 saturated carbocycles. The van der Waals surface area contributed by atoms with E-state index in [0.717, 1.165) is 37.2 Å². The molecule has 3 heterocycles. The standard InChI is InChI=1S/C21H29N3O4/c1-14-10-15(27-3)4-5-16(14)17(25)24-13-19-11-20(12-19,18(26)22-2)21(28-19)6-8-23-9-7-21/h4-5,10,23H,6-9,11-13H2,1-3H3,(H,22,26)(H,24,25). The maximum Gasteiger partial charge on any atom is 0.251 e. The third-order valence-corrected chi connectivity index (χ3v) is 6.85. The Kier molecular flexibility index (Phi) is 4.62. The van der Waals surface area contributed by atoms with Crippen molar-refractivity contribution in [3.63, 3.8) is 0 Å². The van der Waals surface area contributed by atoms with Gasteiger partial charge in [-0.1, -0.05) is 0 Å². The van der Waals surface area contributed by atoms with Crippen molar-refractivity contribution in [2.45, 2.75) is 43.8 Å². The first-order chi connectivity index (χ1) is 13.4. The number of benzene rings is 1. The van der Waals surface area contributed by atoms with E-state index in [-0.39, 0.29) is 11.8 Å². The molecule has 7 nitrogen and oxygen atoms in total.